The number of benzene rings is 5. The van der Waals surface area contributed by atoms with Gasteiger partial charge >= 0.3 is 11.3 Å². The first kappa shape index (κ1) is 19.5. The van der Waals surface area contributed by atoms with Crippen LogP contribution in [-0.4, -0.2) is 0 Å². The van der Waals surface area contributed by atoms with Crippen molar-refractivity contribution < 1.29 is 4.42 Å². The SMILES string of the molecule is Cc1ccc(-c2cc(-c3ccccc3)c3cc(-c4ccccc4)c4ccccc4c3[o+]2)cc1. The van der Waals surface area contributed by atoms with E-state index in [1.807, 2.05) is 0 Å². The van der Waals surface area contributed by atoms with E-state index in [0.29, 0.717) is 0 Å². The Kier molecular flexibility index (Phi) is 4.74. The molecule has 0 atom stereocenters. The fourth-order valence-electron chi connectivity index (χ4n) is 4.58. The van der Waals surface area contributed by atoms with E-state index in [1.54, 1.807) is 0 Å². The predicted octanol–water partition coefficient (Wildman–Crippen LogP) is 9.18. The number of rotatable bonds is 3. The van der Waals surface area contributed by atoms with Crippen LogP contribution in [0.1, 0.15) is 5.56 Å². The first-order valence-electron chi connectivity index (χ1n) is 11.3. The van der Waals surface area contributed by atoms with Gasteiger partial charge in [-0.2, -0.15) is 0 Å². The zero-order valence-electron chi connectivity index (χ0n) is 18.5. The van der Waals surface area contributed by atoms with Crippen molar-refractivity contribution in [2.75, 3.05) is 0 Å². The summed E-state index contributed by atoms with van der Waals surface area (Å²) in [6.07, 6.45) is 0. The van der Waals surface area contributed by atoms with E-state index in [-0.39, 0.29) is 0 Å². The van der Waals surface area contributed by atoms with Gasteiger partial charge in [0.25, 0.3) is 0 Å². The molecule has 0 unspecified atom stereocenters. The van der Waals surface area contributed by atoms with Gasteiger partial charge in [0, 0.05) is 5.56 Å². The summed E-state index contributed by atoms with van der Waals surface area (Å²) < 4.78 is 6.65. The molecule has 0 aliphatic rings. The average Bonchev–Trinajstić information content (AvgIpc) is 2.89. The van der Waals surface area contributed by atoms with Crippen LogP contribution in [0.3, 0.4) is 0 Å². The Morgan fingerprint density at radius 2 is 1.00 bits per heavy atom. The maximum Gasteiger partial charge on any atom is 0.369 e. The summed E-state index contributed by atoms with van der Waals surface area (Å²) in [6, 6.07) is 42.7. The van der Waals surface area contributed by atoms with Crippen LogP contribution < -0.4 is 0 Å². The van der Waals surface area contributed by atoms with Gasteiger partial charge in [0.2, 0.25) is 0 Å². The number of hydrogen-bond donors (Lipinski definition) is 0. The second-order valence-corrected chi connectivity index (χ2v) is 8.47. The van der Waals surface area contributed by atoms with Crippen molar-refractivity contribution >= 4 is 21.7 Å². The van der Waals surface area contributed by atoms with Crippen LogP contribution in [0.2, 0.25) is 0 Å². The molecular formula is C32H23O+. The second-order valence-electron chi connectivity index (χ2n) is 8.47. The lowest BCUT2D eigenvalue weighted by Gasteiger charge is -2.10. The maximum atomic E-state index is 6.65. The highest BCUT2D eigenvalue weighted by atomic mass is 16.3. The maximum absolute atomic E-state index is 6.65. The molecule has 0 spiro atoms. The summed E-state index contributed by atoms with van der Waals surface area (Å²) in [6.45, 7) is 2.11. The highest BCUT2D eigenvalue weighted by Crippen LogP contribution is 2.41. The summed E-state index contributed by atoms with van der Waals surface area (Å²) in [7, 11) is 0. The summed E-state index contributed by atoms with van der Waals surface area (Å²) in [5, 5.41) is 3.44. The molecule has 156 valence electrons. The summed E-state index contributed by atoms with van der Waals surface area (Å²) in [5.41, 5.74) is 8.02. The predicted molar refractivity (Wildman–Crippen MR) is 139 cm³/mol. The number of hydrogen-bond acceptors (Lipinski definition) is 0. The molecule has 0 aliphatic carbocycles. The molecule has 0 radical (unpaired) electrons. The quantitative estimate of drug-likeness (QED) is 0.204. The van der Waals surface area contributed by atoms with Crippen LogP contribution in [0.15, 0.2) is 126 Å². The fraction of sp³-hybridized carbons (Fsp3) is 0.0312. The van der Waals surface area contributed by atoms with Gasteiger partial charge in [0.05, 0.1) is 22.4 Å². The lowest BCUT2D eigenvalue weighted by molar-refractivity contribution is 0.624. The van der Waals surface area contributed by atoms with Crippen LogP contribution >= 0.6 is 0 Å². The normalized spacial score (nSPS) is 11.2. The Bertz CT molecular complexity index is 1580. The molecule has 6 aromatic rings. The lowest BCUT2D eigenvalue weighted by atomic mass is 9.92. The van der Waals surface area contributed by atoms with Gasteiger partial charge in [0.1, 0.15) is 0 Å². The minimum absolute atomic E-state index is 0.874. The van der Waals surface area contributed by atoms with Gasteiger partial charge in [-0.05, 0) is 53.3 Å². The van der Waals surface area contributed by atoms with E-state index in [4.69, 9.17) is 4.42 Å². The second kappa shape index (κ2) is 8.03. The van der Waals surface area contributed by atoms with E-state index < -0.39 is 0 Å². The topological polar surface area (TPSA) is 11.3 Å². The van der Waals surface area contributed by atoms with E-state index in [0.717, 1.165) is 27.7 Å². The van der Waals surface area contributed by atoms with Crippen LogP contribution in [0.4, 0.5) is 0 Å². The van der Waals surface area contributed by atoms with Crippen molar-refractivity contribution in [3.63, 3.8) is 0 Å². The van der Waals surface area contributed by atoms with Gasteiger partial charge < -0.3 is 0 Å². The average molecular weight is 424 g/mol. The van der Waals surface area contributed by atoms with Crippen molar-refractivity contribution in [1.29, 1.82) is 0 Å². The van der Waals surface area contributed by atoms with Crippen molar-refractivity contribution in [2.24, 2.45) is 0 Å². The molecule has 1 heteroatoms. The Morgan fingerprint density at radius 1 is 0.455 bits per heavy atom. The standard InChI is InChI=1S/C32H23O/c1-22-16-18-25(19-17-22)31-21-29(24-12-6-3-7-13-24)30-20-28(23-10-4-2-5-11-23)26-14-8-9-15-27(26)32(30)33-31/h2-21H,1H3/q+1. The molecule has 1 nitrogen and oxygen atoms in total. The highest BCUT2D eigenvalue weighted by molar-refractivity contribution is 6.15. The van der Waals surface area contributed by atoms with Crippen LogP contribution in [-0.2, 0) is 0 Å². The molecule has 5 aromatic carbocycles. The smallest absolute Gasteiger partial charge is 0.206 e. The van der Waals surface area contributed by atoms with Gasteiger partial charge in [-0.3, -0.25) is 0 Å². The lowest BCUT2D eigenvalue weighted by Crippen LogP contribution is -1.90. The highest BCUT2D eigenvalue weighted by Gasteiger charge is 2.24. The van der Waals surface area contributed by atoms with E-state index in [2.05, 4.69) is 128 Å². The van der Waals surface area contributed by atoms with E-state index in [1.165, 1.54) is 33.2 Å². The van der Waals surface area contributed by atoms with E-state index in [9.17, 15) is 0 Å². The first-order valence-corrected chi connectivity index (χ1v) is 11.3. The van der Waals surface area contributed by atoms with Crippen LogP contribution in [0, 0.1) is 6.92 Å². The molecule has 1 heterocycles. The molecule has 6 rings (SSSR count). The minimum Gasteiger partial charge on any atom is -0.206 e. The van der Waals surface area contributed by atoms with Gasteiger partial charge in [0.15, 0.2) is 0 Å². The molecule has 1 aromatic heterocycles. The van der Waals surface area contributed by atoms with Gasteiger partial charge in [-0.25, -0.2) is 4.42 Å². The van der Waals surface area contributed by atoms with Gasteiger partial charge in [-0.1, -0.05) is 96.6 Å². The molecule has 0 fully saturated rings. The van der Waals surface area contributed by atoms with Crippen molar-refractivity contribution in [3.8, 4) is 33.6 Å². The summed E-state index contributed by atoms with van der Waals surface area (Å²) in [4.78, 5) is 0. The zero-order valence-corrected chi connectivity index (χ0v) is 18.5. The summed E-state index contributed by atoms with van der Waals surface area (Å²) in [5.74, 6) is 0.874. The minimum atomic E-state index is 0.874. The Labute approximate surface area is 193 Å². The van der Waals surface area contributed by atoms with Crippen LogP contribution in [0.25, 0.3) is 55.3 Å². The number of aryl methyl sites for hydroxylation is 1. The molecule has 0 bridgehead atoms. The number of fused-ring (bicyclic) bond motifs is 3. The Morgan fingerprint density at radius 3 is 1.64 bits per heavy atom. The molecule has 0 amide bonds. The third-order valence-electron chi connectivity index (χ3n) is 6.28. The molecule has 0 saturated heterocycles. The van der Waals surface area contributed by atoms with E-state index >= 15 is 0 Å². The molecule has 0 saturated carbocycles. The first-order chi connectivity index (χ1) is 16.3. The van der Waals surface area contributed by atoms with Gasteiger partial charge in [-0.15, -0.1) is 0 Å². The molecular weight excluding hydrogens is 400 g/mol. The third kappa shape index (κ3) is 3.48. The van der Waals surface area contributed by atoms with Crippen LogP contribution in [0.5, 0.6) is 0 Å². The third-order valence-corrected chi connectivity index (χ3v) is 6.28. The molecule has 0 N–H and O–H groups in total. The molecule has 33 heavy (non-hydrogen) atoms. The summed E-state index contributed by atoms with van der Waals surface area (Å²) >= 11 is 0. The van der Waals surface area contributed by atoms with Crippen molar-refractivity contribution in [3.05, 3.63) is 127 Å². The Hall–Kier alpha value is -4.23. The van der Waals surface area contributed by atoms with Crippen molar-refractivity contribution in [1.82, 2.24) is 0 Å². The zero-order chi connectivity index (χ0) is 22.2. The Balaban J connectivity index is 1.75. The molecule has 0 aliphatic heterocycles. The van der Waals surface area contributed by atoms with Crippen molar-refractivity contribution in [2.45, 2.75) is 6.92 Å². The monoisotopic (exact) mass is 423 g/mol. The largest absolute Gasteiger partial charge is 0.369 e. The fourth-order valence-corrected chi connectivity index (χ4v) is 4.58.